The summed E-state index contributed by atoms with van der Waals surface area (Å²) in [5, 5.41) is 6.97. The quantitative estimate of drug-likeness (QED) is 0.653. The smallest absolute Gasteiger partial charge is 0.191 e. The van der Waals surface area contributed by atoms with Crippen LogP contribution in [0.15, 0.2) is 35.3 Å². The molecule has 3 heteroatoms. The van der Waals surface area contributed by atoms with Crippen molar-refractivity contribution in [2.75, 3.05) is 13.6 Å². The number of aliphatic imine (C=N–C) groups is 1. The zero-order chi connectivity index (χ0) is 14.2. The van der Waals surface area contributed by atoms with Gasteiger partial charge in [0.05, 0.1) is 0 Å². The predicted molar refractivity (Wildman–Crippen MR) is 86.1 cm³/mol. The van der Waals surface area contributed by atoms with Crippen LogP contribution in [0.5, 0.6) is 0 Å². The lowest BCUT2D eigenvalue weighted by Crippen LogP contribution is -2.45. The molecule has 1 aliphatic carbocycles. The van der Waals surface area contributed by atoms with Crippen molar-refractivity contribution in [2.45, 2.75) is 45.1 Å². The fraction of sp³-hybridized carbons (Fsp3) is 0.588. The number of rotatable bonds is 4. The van der Waals surface area contributed by atoms with Crippen LogP contribution in [0.25, 0.3) is 0 Å². The first-order valence-corrected chi connectivity index (χ1v) is 7.79. The molecule has 1 fully saturated rings. The molecule has 0 radical (unpaired) electrons. The monoisotopic (exact) mass is 273 g/mol. The molecule has 0 unspecified atom stereocenters. The predicted octanol–water partition coefficient (Wildman–Crippen LogP) is 2.97. The summed E-state index contributed by atoms with van der Waals surface area (Å²) in [6, 6.07) is 11.2. The Morgan fingerprint density at radius 2 is 1.85 bits per heavy atom. The van der Waals surface area contributed by atoms with Gasteiger partial charge in [-0.1, -0.05) is 37.3 Å². The summed E-state index contributed by atoms with van der Waals surface area (Å²) in [6.07, 6.45) is 6.22. The molecule has 2 N–H and O–H groups in total. The van der Waals surface area contributed by atoms with Crippen molar-refractivity contribution in [1.29, 1.82) is 0 Å². The number of guanidine groups is 1. The molecule has 0 heterocycles. The highest BCUT2D eigenvalue weighted by Gasteiger charge is 2.18. The third kappa shape index (κ3) is 4.87. The van der Waals surface area contributed by atoms with Crippen molar-refractivity contribution >= 4 is 5.96 Å². The average molecular weight is 273 g/mol. The first kappa shape index (κ1) is 14.9. The van der Waals surface area contributed by atoms with Crippen LogP contribution in [0.2, 0.25) is 0 Å². The molecule has 0 spiro atoms. The Bertz CT molecular complexity index is 406. The van der Waals surface area contributed by atoms with Crippen LogP contribution in [-0.4, -0.2) is 25.6 Å². The maximum Gasteiger partial charge on any atom is 0.191 e. The van der Waals surface area contributed by atoms with Crippen LogP contribution in [0, 0.1) is 5.92 Å². The molecule has 110 valence electrons. The number of hydrogen-bond acceptors (Lipinski definition) is 1. The summed E-state index contributed by atoms with van der Waals surface area (Å²) < 4.78 is 0. The third-order valence-corrected chi connectivity index (χ3v) is 4.13. The summed E-state index contributed by atoms with van der Waals surface area (Å²) in [7, 11) is 1.85. The van der Waals surface area contributed by atoms with Gasteiger partial charge in [-0.2, -0.15) is 0 Å². The highest BCUT2D eigenvalue weighted by molar-refractivity contribution is 5.79. The summed E-state index contributed by atoms with van der Waals surface area (Å²) in [5.41, 5.74) is 1.36. The SMILES string of the molecule is CN=C(NCCc1ccccc1)NC1CCC(C)CC1. The van der Waals surface area contributed by atoms with E-state index in [0.29, 0.717) is 6.04 Å². The molecular weight excluding hydrogens is 246 g/mol. The van der Waals surface area contributed by atoms with Crippen LogP contribution in [-0.2, 0) is 6.42 Å². The second-order valence-corrected chi connectivity index (χ2v) is 5.84. The fourth-order valence-electron chi connectivity index (χ4n) is 2.76. The van der Waals surface area contributed by atoms with Gasteiger partial charge >= 0.3 is 0 Å². The first-order chi connectivity index (χ1) is 9.78. The Labute approximate surface area is 122 Å². The van der Waals surface area contributed by atoms with E-state index in [-0.39, 0.29) is 0 Å². The van der Waals surface area contributed by atoms with Crippen LogP contribution >= 0.6 is 0 Å². The van der Waals surface area contributed by atoms with E-state index in [0.717, 1.165) is 24.8 Å². The molecule has 0 saturated heterocycles. The number of nitrogens with zero attached hydrogens (tertiary/aromatic N) is 1. The van der Waals surface area contributed by atoms with E-state index in [1.165, 1.54) is 31.2 Å². The maximum absolute atomic E-state index is 4.33. The zero-order valence-corrected chi connectivity index (χ0v) is 12.7. The van der Waals surface area contributed by atoms with Crippen molar-refractivity contribution in [3.05, 3.63) is 35.9 Å². The number of benzene rings is 1. The Balaban J connectivity index is 1.70. The van der Waals surface area contributed by atoms with Crippen molar-refractivity contribution in [3.63, 3.8) is 0 Å². The third-order valence-electron chi connectivity index (χ3n) is 4.13. The minimum Gasteiger partial charge on any atom is -0.356 e. The lowest BCUT2D eigenvalue weighted by atomic mass is 9.87. The topological polar surface area (TPSA) is 36.4 Å². The first-order valence-electron chi connectivity index (χ1n) is 7.79. The molecule has 1 aromatic carbocycles. The second-order valence-electron chi connectivity index (χ2n) is 5.84. The number of hydrogen-bond donors (Lipinski definition) is 2. The summed E-state index contributed by atoms with van der Waals surface area (Å²) in [4.78, 5) is 4.33. The molecule has 0 aromatic heterocycles. The van der Waals surface area contributed by atoms with Gasteiger partial charge in [0.15, 0.2) is 5.96 Å². The molecule has 1 aliphatic rings. The van der Waals surface area contributed by atoms with E-state index >= 15 is 0 Å². The Hall–Kier alpha value is -1.51. The molecule has 20 heavy (non-hydrogen) atoms. The lowest BCUT2D eigenvalue weighted by Gasteiger charge is -2.28. The minimum absolute atomic E-state index is 0.592. The van der Waals surface area contributed by atoms with Crippen LogP contribution in [0.3, 0.4) is 0 Å². The van der Waals surface area contributed by atoms with E-state index in [4.69, 9.17) is 0 Å². The van der Waals surface area contributed by atoms with Gasteiger partial charge in [-0.25, -0.2) is 0 Å². The van der Waals surface area contributed by atoms with E-state index in [1.54, 1.807) is 0 Å². The Morgan fingerprint density at radius 1 is 1.15 bits per heavy atom. The van der Waals surface area contributed by atoms with E-state index < -0.39 is 0 Å². The van der Waals surface area contributed by atoms with Gasteiger partial charge < -0.3 is 10.6 Å². The van der Waals surface area contributed by atoms with Crippen molar-refractivity contribution in [1.82, 2.24) is 10.6 Å². The summed E-state index contributed by atoms with van der Waals surface area (Å²) >= 11 is 0. The van der Waals surface area contributed by atoms with Crippen LogP contribution in [0.4, 0.5) is 0 Å². The highest BCUT2D eigenvalue weighted by Crippen LogP contribution is 2.23. The van der Waals surface area contributed by atoms with Crippen molar-refractivity contribution < 1.29 is 0 Å². The van der Waals surface area contributed by atoms with Gasteiger partial charge in [0.25, 0.3) is 0 Å². The molecule has 1 saturated carbocycles. The van der Waals surface area contributed by atoms with E-state index in [1.807, 2.05) is 7.05 Å². The minimum atomic E-state index is 0.592. The van der Waals surface area contributed by atoms with Gasteiger partial charge in [0.2, 0.25) is 0 Å². The molecule has 0 aliphatic heterocycles. The summed E-state index contributed by atoms with van der Waals surface area (Å²) in [5.74, 6) is 1.83. The molecular formula is C17H27N3. The number of nitrogens with one attached hydrogen (secondary N) is 2. The molecule has 0 atom stereocenters. The normalized spacial score (nSPS) is 23.4. The van der Waals surface area contributed by atoms with Gasteiger partial charge in [0.1, 0.15) is 0 Å². The maximum atomic E-state index is 4.33. The van der Waals surface area contributed by atoms with Gasteiger partial charge in [0, 0.05) is 19.6 Å². The van der Waals surface area contributed by atoms with Crippen LogP contribution in [0.1, 0.15) is 38.2 Å². The molecule has 3 nitrogen and oxygen atoms in total. The molecule has 1 aromatic rings. The zero-order valence-electron chi connectivity index (χ0n) is 12.7. The Morgan fingerprint density at radius 3 is 2.50 bits per heavy atom. The molecule has 0 amide bonds. The largest absolute Gasteiger partial charge is 0.356 e. The standard InChI is InChI=1S/C17H27N3/c1-14-8-10-16(11-9-14)20-17(18-2)19-13-12-15-6-4-3-5-7-15/h3-7,14,16H,8-13H2,1-2H3,(H2,18,19,20). The molecule has 2 rings (SSSR count). The van der Waals surface area contributed by atoms with E-state index in [2.05, 4.69) is 52.9 Å². The van der Waals surface area contributed by atoms with Gasteiger partial charge in [-0.05, 0) is 43.6 Å². The fourth-order valence-corrected chi connectivity index (χ4v) is 2.76. The van der Waals surface area contributed by atoms with Crippen molar-refractivity contribution in [2.24, 2.45) is 10.9 Å². The van der Waals surface area contributed by atoms with Crippen LogP contribution < -0.4 is 10.6 Å². The van der Waals surface area contributed by atoms with Gasteiger partial charge in [-0.15, -0.1) is 0 Å². The molecule has 0 bridgehead atoms. The van der Waals surface area contributed by atoms with Crippen molar-refractivity contribution in [3.8, 4) is 0 Å². The highest BCUT2D eigenvalue weighted by atomic mass is 15.2. The summed E-state index contributed by atoms with van der Waals surface area (Å²) in [6.45, 7) is 3.27. The Kier molecular flexibility index (Phi) is 5.90. The average Bonchev–Trinajstić information content (AvgIpc) is 2.49. The van der Waals surface area contributed by atoms with Gasteiger partial charge in [-0.3, -0.25) is 4.99 Å². The lowest BCUT2D eigenvalue weighted by molar-refractivity contribution is 0.329. The van der Waals surface area contributed by atoms with E-state index in [9.17, 15) is 0 Å². The second kappa shape index (κ2) is 7.93.